The van der Waals surface area contributed by atoms with Crippen LogP contribution in [0.2, 0.25) is 0 Å². The molecule has 0 saturated carbocycles. The van der Waals surface area contributed by atoms with Gasteiger partial charge in [-0.3, -0.25) is 4.72 Å². The van der Waals surface area contributed by atoms with E-state index in [0.717, 1.165) is 0 Å². The SMILES string of the molecule is CC(C)(C)CCS(=O)(=O)Nc1cccc(OCC(N)=S)c1. The summed E-state index contributed by atoms with van der Waals surface area (Å²) in [5, 5.41) is 0. The Morgan fingerprint density at radius 2 is 2.05 bits per heavy atom. The number of benzene rings is 1. The van der Waals surface area contributed by atoms with E-state index in [2.05, 4.69) is 4.72 Å². The van der Waals surface area contributed by atoms with E-state index < -0.39 is 10.0 Å². The molecular weight excluding hydrogens is 308 g/mol. The molecule has 0 heterocycles. The van der Waals surface area contributed by atoms with Gasteiger partial charge in [-0.25, -0.2) is 8.42 Å². The highest BCUT2D eigenvalue weighted by Crippen LogP contribution is 2.22. The van der Waals surface area contributed by atoms with Crippen LogP contribution in [-0.4, -0.2) is 25.8 Å². The summed E-state index contributed by atoms with van der Waals surface area (Å²) in [4.78, 5) is 0.242. The Morgan fingerprint density at radius 1 is 1.38 bits per heavy atom. The number of rotatable bonds is 7. The third kappa shape index (κ3) is 7.87. The molecule has 21 heavy (non-hydrogen) atoms. The molecule has 7 heteroatoms. The van der Waals surface area contributed by atoms with Gasteiger partial charge in [-0.2, -0.15) is 0 Å². The van der Waals surface area contributed by atoms with E-state index in [0.29, 0.717) is 17.9 Å². The van der Waals surface area contributed by atoms with Gasteiger partial charge in [0.25, 0.3) is 0 Å². The lowest BCUT2D eigenvalue weighted by Crippen LogP contribution is -2.21. The highest BCUT2D eigenvalue weighted by molar-refractivity contribution is 7.92. The molecule has 0 radical (unpaired) electrons. The predicted molar refractivity (Wildman–Crippen MR) is 90.2 cm³/mol. The summed E-state index contributed by atoms with van der Waals surface area (Å²) in [6.07, 6.45) is 0.583. The molecule has 0 aliphatic rings. The van der Waals surface area contributed by atoms with Crippen LogP contribution in [0.15, 0.2) is 24.3 Å². The fourth-order valence-corrected chi connectivity index (χ4v) is 3.00. The van der Waals surface area contributed by atoms with Crippen LogP contribution in [0.4, 0.5) is 5.69 Å². The van der Waals surface area contributed by atoms with Gasteiger partial charge in [0.1, 0.15) is 17.3 Å². The summed E-state index contributed by atoms with van der Waals surface area (Å²) < 4.78 is 31.9. The van der Waals surface area contributed by atoms with Crippen LogP contribution in [0.5, 0.6) is 5.75 Å². The van der Waals surface area contributed by atoms with Gasteiger partial charge in [0.2, 0.25) is 10.0 Å². The zero-order valence-corrected chi connectivity index (χ0v) is 14.2. The van der Waals surface area contributed by atoms with Gasteiger partial charge in [-0.05, 0) is 24.0 Å². The van der Waals surface area contributed by atoms with E-state index in [1.807, 2.05) is 20.8 Å². The summed E-state index contributed by atoms with van der Waals surface area (Å²) in [5.74, 6) is 0.591. The van der Waals surface area contributed by atoms with Crippen LogP contribution >= 0.6 is 12.2 Å². The molecule has 0 fully saturated rings. The first kappa shape index (κ1) is 17.7. The number of hydrogen-bond acceptors (Lipinski definition) is 4. The molecule has 1 aromatic carbocycles. The Bertz CT molecular complexity index is 592. The van der Waals surface area contributed by atoms with Crippen molar-refractivity contribution in [3.8, 4) is 5.75 Å². The first-order valence-corrected chi connectivity index (χ1v) is 8.65. The predicted octanol–water partition coefficient (Wildman–Crippen LogP) is 2.53. The van der Waals surface area contributed by atoms with E-state index in [-0.39, 0.29) is 22.8 Å². The zero-order chi connectivity index (χ0) is 16.1. The molecule has 0 amide bonds. The molecule has 0 aliphatic carbocycles. The minimum Gasteiger partial charge on any atom is -0.486 e. The maximum atomic E-state index is 12.0. The number of hydrogen-bond donors (Lipinski definition) is 2. The number of nitrogens with two attached hydrogens (primary N) is 1. The van der Waals surface area contributed by atoms with Crippen molar-refractivity contribution in [2.24, 2.45) is 11.1 Å². The van der Waals surface area contributed by atoms with Crippen LogP contribution in [0, 0.1) is 5.41 Å². The fraction of sp³-hybridized carbons (Fsp3) is 0.500. The average molecular weight is 330 g/mol. The molecule has 0 aliphatic heterocycles. The second kappa shape index (κ2) is 7.09. The summed E-state index contributed by atoms with van der Waals surface area (Å²) in [6, 6.07) is 6.69. The molecule has 0 atom stereocenters. The Balaban J connectivity index is 2.69. The van der Waals surface area contributed by atoms with Gasteiger partial charge >= 0.3 is 0 Å². The summed E-state index contributed by atoms with van der Waals surface area (Å²) in [6.45, 7) is 6.14. The summed E-state index contributed by atoms with van der Waals surface area (Å²) >= 11 is 4.73. The molecule has 0 saturated heterocycles. The number of ether oxygens (including phenoxy) is 1. The Hall–Kier alpha value is -1.34. The molecular formula is C14H22N2O3S2. The van der Waals surface area contributed by atoms with Crippen LogP contribution in [0.1, 0.15) is 27.2 Å². The smallest absolute Gasteiger partial charge is 0.232 e. The number of anilines is 1. The van der Waals surface area contributed by atoms with Crippen LogP contribution in [0.25, 0.3) is 0 Å². The van der Waals surface area contributed by atoms with Crippen molar-refractivity contribution in [2.75, 3.05) is 17.1 Å². The Kier molecular flexibility index (Phi) is 5.98. The van der Waals surface area contributed by atoms with Crippen molar-refractivity contribution in [1.29, 1.82) is 0 Å². The minimum absolute atomic E-state index is 0.0312. The number of thiocarbonyl (C=S) groups is 1. The van der Waals surface area contributed by atoms with Gasteiger partial charge in [0.05, 0.1) is 11.4 Å². The van der Waals surface area contributed by atoms with E-state index in [9.17, 15) is 8.42 Å². The first-order valence-electron chi connectivity index (χ1n) is 6.59. The van der Waals surface area contributed by atoms with Crippen LogP contribution < -0.4 is 15.2 Å². The standard InChI is InChI=1S/C14H22N2O3S2/c1-14(2,3)7-8-21(17,18)16-11-5-4-6-12(9-11)19-10-13(15)20/h4-6,9,16H,7-8,10H2,1-3H3,(H2,15,20). The van der Waals surface area contributed by atoms with E-state index in [1.54, 1.807) is 24.3 Å². The van der Waals surface area contributed by atoms with Crippen molar-refractivity contribution in [1.82, 2.24) is 0 Å². The minimum atomic E-state index is -3.37. The third-order valence-corrected chi connectivity index (χ3v) is 4.02. The van der Waals surface area contributed by atoms with Gasteiger partial charge in [0, 0.05) is 6.07 Å². The molecule has 0 unspecified atom stereocenters. The molecule has 0 bridgehead atoms. The van der Waals surface area contributed by atoms with Crippen molar-refractivity contribution in [3.63, 3.8) is 0 Å². The maximum Gasteiger partial charge on any atom is 0.232 e. The topological polar surface area (TPSA) is 81.4 Å². The molecule has 1 aromatic rings. The van der Waals surface area contributed by atoms with Gasteiger partial charge < -0.3 is 10.5 Å². The molecule has 0 spiro atoms. The maximum absolute atomic E-state index is 12.0. The molecule has 0 aromatic heterocycles. The lowest BCUT2D eigenvalue weighted by molar-refractivity contribution is 0.378. The summed E-state index contributed by atoms with van der Waals surface area (Å²) in [7, 11) is -3.37. The summed E-state index contributed by atoms with van der Waals surface area (Å²) in [5.41, 5.74) is 5.79. The second-order valence-electron chi connectivity index (χ2n) is 6.01. The van der Waals surface area contributed by atoms with Crippen molar-refractivity contribution >= 4 is 32.9 Å². The average Bonchev–Trinajstić information content (AvgIpc) is 2.33. The van der Waals surface area contributed by atoms with Gasteiger partial charge in [-0.1, -0.05) is 39.1 Å². The quantitative estimate of drug-likeness (QED) is 0.751. The highest BCUT2D eigenvalue weighted by atomic mass is 32.2. The largest absolute Gasteiger partial charge is 0.486 e. The zero-order valence-electron chi connectivity index (χ0n) is 12.5. The Labute approximate surface area is 131 Å². The molecule has 5 nitrogen and oxygen atoms in total. The van der Waals surface area contributed by atoms with E-state index >= 15 is 0 Å². The molecule has 1 rings (SSSR count). The molecule has 3 N–H and O–H groups in total. The monoisotopic (exact) mass is 330 g/mol. The number of sulfonamides is 1. The van der Waals surface area contributed by atoms with Crippen LogP contribution in [-0.2, 0) is 10.0 Å². The van der Waals surface area contributed by atoms with Crippen molar-refractivity contribution in [3.05, 3.63) is 24.3 Å². The third-order valence-electron chi connectivity index (χ3n) is 2.61. The van der Waals surface area contributed by atoms with Gasteiger partial charge in [0.15, 0.2) is 0 Å². The lowest BCUT2D eigenvalue weighted by Gasteiger charge is -2.18. The van der Waals surface area contributed by atoms with Gasteiger partial charge in [-0.15, -0.1) is 0 Å². The van der Waals surface area contributed by atoms with Crippen molar-refractivity contribution in [2.45, 2.75) is 27.2 Å². The normalized spacial score (nSPS) is 12.0. The lowest BCUT2D eigenvalue weighted by atomic mass is 9.94. The second-order valence-corrected chi connectivity index (χ2v) is 8.38. The first-order chi connectivity index (χ1) is 9.57. The number of nitrogens with one attached hydrogen (secondary N) is 1. The Morgan fingerprint density at radius 3 is 2.62 bits per heavy atom. The highest BCUT2D eigenvalue weighted by Gasteiger charge is 2.17. The van der Waals surface area contributed by atoms with Crippen LogP contribution in [0.3, 0.4) is 0 Å². The fourth-order valence-electron chi connectivity index (χ4n) is 1.47. The van der Waals surface area contributed by atoms with E-state index in [4.69, 9.17) is 22.7 Å². The van der Waals surface area contributed by atoms with E-state index in [1.165, 1.54) is 0 Å². The molecule has 118 valence electrons. The van der Waals surface area contributed by atoms with Crippen molar-refractivity contribution < 1.29 is 13.2 Å².